The number of rotatable bonds is 6. The third-order valence-corrected chi connectivity index (χ3v) is 6.43. The molecule has 0 unspecified atom stereocenters. The summed E-state index contributed by atoms with van der Waals surface area (Å²) in [7, 11) is 1.46. The Kier molecular flexibility index (Phi) is 5.34. The van der Waals surface area contributed by atoms with Gasteiger partial charge in [-0.1, -0.05) is 19.3 Å². The lowest BCUT2D eigenvalue weighted by Gasteiger charge is -2.37. The minimum atomic E-state index is -0.333. The van der Waals surface area contributed by atoms with Gasteiger partial charge in [-0.2, -0.15) is 5.10 Å². The zero-order chi connectivity index (χ0) is 18.1. The predicted molar refractivity (Wildman–Crippen MR) is 100.0 cm³/mol. The van der Waals surface area contributed by atoms with Gasteiger partial charge in [0.05, 0.1) is 11.2 Å². The fourth-order valence-corrected chi connectivity index (χ4v) is 4.02. The summed E-state index contributed by atoms with van der Waals surface area (Å²) in [5, 5.41) is 4.62. The fourth-order valence-electron chi connectivity index (χ4n) is 4.02. The van der Waals surface area contributed by atoms with Crippen LogP contribution in [0.1, 0.15) is 66.2 Å². The van der Waals surface area contributed by atoms with Crippen LogP contribution in [0.3, 0.4) is 0 Å². The molecule has 1 saturated carbocycles. The van der Waals surface area contributed by atoms with E-state index < -0.39 is 0 Å². The van der Waals surface area contributed by atoms with Crippen LogP contribution in [0.4, 0.5) is 0 Å². The first kappa shape index (κ1) is 18.9. The summed E-state index contributed by atoms with van der Waals surface area (Å²) in [5.41, 5.74) is 0.690. The third-order valence-electron chi connectivity index (χ3n) is 6.43. The van der Waals surface area contributed by atoms with E-state index in [1.54, 1.807) is 7.11 Å². The average molecular weight is 348 g/mol. The van der Waals surface area contributed by atoms with Gasteiger partial charge in [0.25, 0.3) is 0 Å². The van der Waals surface area contributed by atoms with Gasteiger partial charge in [0.1, 0.15) is 0 Å². The molecule has 5 nitrogen and oxygen atoms in total. The molecular weight excluding hydrogens is 315 g/mol. The number of methoxy groups -OCH3 is 1. The highest BCUT2D eigenvalue weighted by molar-refractivity contribution is 6.61. The average Bonchev–Trinajstić information content (AvgIpc) is 3.09. The van der Waals surface area contributed by atoms with E-state index in [2.05, 4.69) is 43.7 Å². The number of hydrogen-bond donors (Lipinski definition) is 0. The standard InChI is InChI=1S/C19H33BN2O3/c1-17(2)18(3,4)25-20(24-17)16-13-21-22(14-16)15-19(11-12-23-5)9-7-6-8-10-19/h13-14H,6-12,15H2,1-5H3. The molecule has 0 amide bonds. The molecule has 0 radical (unpaired) electrons. The summed E-state index contributed by atoms with van der Waals surface area (Å²) in [5.74, 6) is 0. The van der Waals surface area contributed by atoms with E-state index in [-0.39, 0.29) is 18.3 Å². The first-order valence-electron chi connectivity index (χ1n) is 9.64. The quantitative estimate of drug-likeness (QED) is 0.741. The van der Waals surface area contributed by atoms with Crippen LogP contribution in [0.25, 0.3) is 0 Å². The van der Waals surface area contributed by atoms with Crippen molar-refractivity contribution in [3.05, 3.63) is 12.4 Å². The largest absolute Gasteiger partial charge is 0.498 e. The first-order chi connectivity index (χ1) is 11.8. The molecule has 2 heterocycles. The van der Waals surface area contributed by atoms with Crippen LogP contribution in [0.5, 0.6) is 0 Å². The molecule has 1 aromatic rings. The second-order valence-electron chi connectivity index (χ2n) is 8.86. The summed E-state index contributed by atoms with van der Waals surface area (Å²) in [6.45, 7) is 10.1. The predicted octanol–water partition coefficient (Wildman–Crippen LogP) is 3.17. The molecule has 140 valence electrons. The molecule has 1 aliphatic heterocycles. The Morgan fingerprint density at radius 2 is 1.76 bits per heavy atom. The molecule has 3 rings (SSSR count). The van der Waals surface area contributed by atoms with Gasteiger partial charge in [-0.05, 0) is 52.4 Å². The van der Waals surface area contributed by atoms with Crippen LogP contribution in [0, 0.1) is 5.41 Å². The van der Waals surface area contributed by atoms with Crippen LogP contribution in [-0.4, -0.2) is 41.8 Å². The highest BCUT2D eigenvalue weighted by Crippen LogP contribution is 2.41. The molecule has 0 spiro atoms. The van der Waals surface area contributed by atoms with E-state index in [0.29, 0.717) is 5.41 Å². The van der Waals surface area contributed by atoms with Crippen molar-refractivity contribution >= 4 is 12.6 Å². The summed E-state index contributed by atoms with van der Waals surface area (Å²) in [4.78, 5) is 0. The maximum absolute atomic E-state index is 6.15. The molecule has 0 aromatic carbocycles. The number of aromatic nitrogens is 2. The van der Waals surface area contributed by atoms with Gasteiger partial charge in [-0.15, -0.1) is 0 Å². The maximum atomic E-state index is 6.15. The van der Waals surface area contributed by atoms with E-state index >= 15 is 0 Å². The van der Waals surface area contributed by atoms with Crippen LogP contribution in [0.2, 0.25) is 0 Å². The van der Waals surface area contributed by atoms with Gasteiger partial charge in [-0.25, -0.2) is 0 Å². The minimum absolute atomic E-state index is 0.313. The molecule has 2 aliphatic rings. The number of nitrogens with zero attached hydrogens (tertiary/aromatic N) is 2. The van der Waals surface area contributed by atoms with Crippen LogP contribution in [-0.2, 0) is 20.6 Å². The van der Waals surface area contributed by atoms with Crippen LogP contribution in [0.15, 0.2) is 12.4 Å². The lowest BCUT2D eigenvalue weighted by molar-refractivity contribution is 0.00578. The smallest absolute Gasteiger partial charge is 0.399 e. The van der Waals surface area contributed by atoms with E-state index in [0.717, 1.165) is 25.0 Å². The van der Waals surface area contributed by atoms with Crippen molar-refractivity contribution in [3.63, 3.8) is 0 Å². The second-order valence-corrected chi connectivity index (χ2v) is 8.86. The summed E-state index contributed by atoms with van der Waals surface area (Å²) >= 11 is 0. The van der Waals surface area contributed by atoms with Crippen molar-refractivity contribution in [3.8, 4) is 0 Å². The molecule has 0 bridgehead atoms. The van der Waals surface area contributed by atoms with Gasteiger partial charge in [-0.3, -0.25) is 4.68 Å². The summed E-state index contributed by atoms with van der Waals surface area (Å²) in [6, 6.07) is 0. The Morgan fingerprint density at radius 3 is 2.36 bits per heavy atom. The Labute approximate surface area is 152 Å². The third kappa shape index (κ3) is 3.96. The van der Waals surface area contributed by atoms with E-state index in [4.69, 9.17) is 14.0 Å². The topological polar surface area (TPSA) is 45.5 Å². The van der Waals surface area contributed by atoms with Gasteiger partial charge in [0, 0.05) is 38.1 Å². The van der Waals surface area contributed by atoms with E-state index in [1.165, 1.54) is 32.1 Å². The van der Waals surface area contributed by atoms with Gasteiger partial charge < -0.3 is 14.0 Å². The SMILES string of the molecule is COCCC1(Cn2cc(B3OC(C)(C)C(C)(C)O3)cn2)CCCCC1. The lowest BCUT2D eigenvalue weighted by Crippen LogP contribution is -2.41. The molecule has 0 N–H and O–H groups in total. The van der Waals surface area contributed by atoms with Crippen molar-refractivity contribution in [2.75, 3.05) is 13.7 Å². The van der Waals surface area contributed by atoms with E-state index in [1.807, 2.05) is 6.20 Å². The summed E-state index contributed by atoms with van der Waals surface area (Å²) < 4.78 is 19.8. The first-order valence-corrected chi connectivity index (χ1v) is 9.64. The minimum Gasteiger partial charge on any atom is -0.399 e. The zero-order valence-electron chi connectivity index (χ0n) is 16.5. The molecule has 0 atom stereocenters. The molecule has 1 aromatic heterocycles. The van der Waals surface area contributed by atoms with Crippen LogP contribution < -0.4 is 5.46 Å². The Morgan fingerprint density at radius 1 is 1.12 bits per heavy atom. The van der Waals surface area contributed by atoms with Crippen LogP contribution >= 0.6 is 0 Å². The number of hydrogen-bond acceptors (Lipinski definition) is 4. The molecule has 6 heteroatoms. The molecule has 1 saturated heterocycles. The van der Waals surface area contributed by atoms with Gasteiger partial charge in [0.15, 0.2) is 0 Å². The highest BCUT2D eigenvalue weighted by Gasteiger charge is 2.52. The number of ether oxygens (including phenoxy) is 1. The second kappa shape index (κ2) is 7.05. The lowest BCUT2D eigenvalue weighted by atomic mass is 9.72. The van der Waals surface area contributed by atoms with E-state index in [9.17, 15) is 0 Å². The van der Waals surface area contributed by atoms with Crippen molar-refractivity contribution < 1.29 is 14.0 Å². The fraction of sp³-hybridized carbons (Fsp3) is 0.842. The molecule has 25 heavy (non-hydrogen) atoms. The van der Waals surface area contributed by atoms with Crippen molar-refractivity contribution in [2.45, 2.75) is 84.0 Å². The summed E-state index contributed by atoms with van der Waals surface area (Å²) in [6.07, 6.45) is 11.6. The van der Waals surface area contributed by atoms with Crippen molar-refractivity contribution in [1.29, 1.82) is 0 Å². The Hall–Kier alpha value is -0.845. The van der Waals surface area contributed by atoms with Crippen molar-refractivity contribution in [1.82, 2.24) is 9.78 Å². The van der Waals surface area contributed by atoms with Gasteiger partial charge in [0.2, 0.25) is 0 Å². The van der Waals surface area contributed by atoms with Gasteiger partial charge >= 0.3 is 7.12 Å². The molecule has 2 fully saturated rings. The van der Waals surface area contributed by atoms with Crippen molar-refractivity contribution in [2.24, 2.45) is 5.41 Å². The maximum Gasteiger partial charge on any atom is 0.498 e. The monoisotopic (exact) mass is 348 g/mol. The molecule has 1 aliphatic carbocycles. The molecular formula is C19H33BN2O3. The zero-order valence-corrected chi connectivity index (χ0v) is 16.5. The Bertz CT molecular complexity index is 563. The normalized spacial score (nSPS) is 24.6. The highest BCUT2D eigenvalue weighted by atomic mass is 16.7. The Balaban J connectivity index is 1.70.